The molecule has 3 heteroatoms. The van der Waals surface area contributed by atoms with Gasteiger partial charge in [-0.05, 0) is 63.3 Å². The van der Waals surface area contributed by atoms with E-state index in [4.69, 9.17) is 0 Å². The Labute approximate surface area is 143 Å². The van der Waals surface area contributed by atoms with E-state index in [1.54, 1.807) is 0 Å². The van der Waals surface area contributed by atoms with Crippen LogP contribution >= 0.6 is 0 Å². The minimum Gasteiger partial charge on any atom is -0.304 e. The molecule has 4 rings (SSSR count). The van der Waals surface area contributed by atoms with E-state index in [-0.39, 0.29) is 0 Å². The molecule has 0 radical (unpaired) electrons. The van der Waals surface area contributed by atoms with Gasteiger partial charge in [0.05, 0.1) is 0 Å². The van der Waals surface area contributed by atoms with Crippen molar-refractivity contribution in [1.29, 1.82) is 0 Å². The highest BCUT2D eigenvalue weighted by molar-refractivity contribution is 5.02. The first kappa shape index (κ1) is 16.4. The molecule has 0 amide bonds. The van der Waals surface area contributed by atoms with Crippen LogP contribution in [-0.4, -0.2) is 73.1 Å². The van der Waals surface area contributed by atoms with E-state index in [9.17, 15) is 0 Å². The molecule has 3 saturated heterocycles. The molecule has 0 unspecified atom stereocenters. The Bertz CT molecular complexity index is 384. The molecule has 132 valence electrons. The van der Waals surface area contributed by atoms with Crippen LogP contribution in [0.3, 0.4) is 0 Å². The van der Waals surface area contributed by atoms with Crippen LogP contribution in [0, 0.1) is 11.3 Å². The van der Waals surface area contributed by atoms with E-state index in [0.717, 1.165) is 23.4 Å². The highest BCUT2D eigenvalue weighted by Crippen LogP contribution is 2.52. The summed E-state index contributed by atoms with van der Waals surface area (Å²) in [6, 6.07) is 1.86. The summed E-state index contributed by atoms with van der Waals surface area (Å²) in [4.78, 5) is 8.20. The van der Waals surface area contributed by atoms with Crippen LogP contribution in [-0.2, 0) is 0 Å². The summed E-state index contributed by atoms with van der Waals surface area (Å²) in [5.74, 6) is 0.980. The molecule has 1 saturated carbocycles. The van der Waals surface area contributed by atoms with Crippen LogP contribution in [0.2, 0.25) is 0 Å². The summed E-state index contributed by atoms with van der Waals surface area (Å²) in [7, 11) is 2.26. The van der Waals surface area contributed by atoms with Crippen molar-refractivity contribution >= 4 is 0 Å². The molecule has 2 bridgehead atoms. The fourth-order valence-corrected chi connectivity index (χ4v) is 5.77. The third-order valence-corrected chi connectivity index (χ3v) is 7.35. The van der Waals surface area contributed by atoms with Crippen LogP contribution in [0.4, 0.5) is 0 Å². The van der Waals surface area contributed by atoms with Crippen LogP contribution < -0.4 is 0 Å². The molecular formula is C20H37N3. The van der Waals surface area contributed by atoms with Crippen molar-refractivity contribution in [3.8, 4) is 0 Å². The molecule has 0 N–H and O–H groups in total. The topological polar surface area (TPSA) is 9.72 Å². The van der Waals surface area contributed by atoms with Gasteiger partial charge in [0, 0.05) is 51.4 Å². The van der Waals surface area contributed by atoms with Gasteiger partial charge >= 0.3 is 0 Å². The number of hydrogen-bond donors (Lipinski definition) is 0. The Morgan fingerprint density at radius 1 is 0.957 bits per heavy atom. The molecule has 0 aromatic heterocycles. The minimum atomic E-state index is 0.750. The van der Waals surface area contributed by atoms with E-state index in [0.29, 0.717) is 0 Å². The maximum atomic E-state index is 2.98. The lowest BCUT2D eigenvalue weighted by atomic mass is 9.88. The number of likely N-dealkylation sites (N-methyl/N-ethyl adjacent to an activating group) is 1. The summed E-state index contributed by atoms with van der Waals surface area (Å²) in [5.41, 5.74) is 0.750. The predicted octanol–water partition coefficient (Wildman–Crippen LogP) is 3.06. The zero-order valence-corrected chi connectivity index (χ0v) is 15.5. The quantitative estimate of drug-likeness (QED) is 0.745. The van der Waals surface area contributed by atoms with E-state index >= 15 is 0 Å². The molecule has 0 aromatic rings. The zero-order valence-electron chi connectivity index (χ0n) is 15.5. The predicted molar refractivity (Wildman–Crippen MR) is 96.8 cm³/mol. The molecule has 3 atom stereocenters. The number of piperidine rings is 1. The normalized spacial score (nSPS) is 38.1. The van der Waals surface area contributed by atoms with Gasteiger partial charge in [-0.15, -0.1) is 0 Å². The number of piperazine rings is 1. The molecule has 3 aliphatic heterocycles. The Balaban J connectivity index is 1.29. The Morgan fingerprint density at radius 2 is 1.61 bits per heavy atom. The Hall–Kier alpha value is -0.120. The molecule has 3 nitrogen and oxygen atoms in total. The fraction of sp³-hybridized carbons (Fsp3) is 1.00. The lowest BCUT2D eigenvalue weighted by Crippen LogP contribution is -2.50. The van der Waals surface area contributed by atoms with E-state index in [1.165, 1.54) is 90.6 Å². The number of hydrogen-bond acceptors (Lipinski definition) is 3. The Morgan fingerprint density at radius 3 is 2.17 bits per heavy atom. The van der Waals surface area contributed by atoms with Crippen molar-refractivity contribution in [3.63, 3.8) is 0 Å². The standard InChI is InChI=1S/C20H37N3/c1-3-6-20(7-8-20)16-23-18-4-5-19(23)14-17(13-18)15-22-11-9-21(2)10-12-22/h17-19H,3-16H2,1-2H3/t17-,18-,19+. The maximum absolute atomic E-state index is 2.98. The van der Waals surface area contributed by atoms with Crippen molar-refractivity contribution in [2.75, 3.05) is 46.3 Å². The Kier molecular flexibility index (Phi) is 4.73. The second-order valence-electron chi connectivity index (χ2n) is 9.25. The number of fused-ring (bicyclic) bond motifs is 2. The molecule has 1 aliphatic carbocycles. The second kappa shape index (κ2) is 6.65. The van der Waals surface area contributed by atoms with Gasteiger partial charge in [0.15, 0.2) is 0 Å². The molecule has 4 aliphatic rings. The van der Waals surface area contributed by atoms with Crippen molar-refractivity contribution in [1.82, 2.24) is 14.7 Å². The number of rotatable bonds is 6. The lowest BCUT2D eigenvalue weighted by Gasteiger charge is -2.43. The largest absolute Gasteiger partial charge is 0.304 e. The first-order chi connectivity index (χ1) is 11.2. The highest BCUT2D eigenvalue weighted by Gasteiger charge is 2.48. The third kappa shape index (κ3) is 3.62. The third-order valence-electron chi connectivity index (χ3n) is 7.35. The molecule has 0 spiro atoms. The average molecular weight is 320 g/mol. The van der Waals surface area contributed by atoms with Crippen LogP contribution in [0.25, 0.3) is 0 Å². The minimum absolute atomic E-state index is 0.750. The van der Waals surface area contributed by atoms with Crippen LogP contribution in [0.1, 0.15) is 58.3 Å². The van der Waals surface area contributed by atoms with E-state index < -0.39 is 0 Å². The molecule has 0 aromatic carbocycles. The van der Waals surface area contributed by atoms with Gasteiger partial charge in [0.1, 0.15) is 0 Å². The summed E-state index contributed by atoms with van der Waals surface area (Å²) in [5, 5.41) is 0. The maximum Gasteiger partial charge on any atom is 0.0110 e. The van der Waals surface area contributed by atoms with E-state index in [1.807, 2.05) is 0 Å². The average Bonchev–Trinajstić information content (AvgIpc) is 3.25. The van der Waals surface area contributed by atoms with Crippen molar-refractivity contribution in [2.45, 2.75) is 70.4 Å². The van der Waals surface area contributed by atoms with Gasteiger partial charge in [0.2, 0.25) is 0 Å². The second-order valence-corrected chi connectivity index (χ2v) is 9.25. The van der Waals surface area contributed by atoms with Crippen LogP contribution in [0.15, 0.2) is 0 Å². The smallest absolute Gasteiger partial charge is 0.0110 e. The highest BCUT2D eigenvalue weighted by atomic mass is 15.3. The van der Waals surface area contributed by atoms with Gasteiger partial charge in [-0.1, -0.05) is 13.3 Å². The SMILES string of the molecule is CCCC1(CN2[C@@H]3CC[C@H]2C[C@H](CN2CCN(C)CC2)C3)CC1. The van der Waals surface area contributed by atoms with Crippen molar-refractivity contribution in [3.05, 3.63) is 0 Å². The fourth-order valence-electron chi connectivity index (χ4n) is 5.77. The monoisotopic (exact) mass is 319 g/mol. The summed E-state index contributed by atoms with van der Waals surface area (Å²) in [6.45, 7) is 10.3. The van der Waals surface area contributed by atoms with Crippen molar-refractivity contribution < 1.29 is 0 Å². The van der Waals surface area contributed by atoms with E-state index in [2.05, 4.69) is 28.7 Å². The lowest BCUT2D eigenvalue weighted by molar-refractivity contribution is 0.0540. The summed E-state index contributed by atoms with van der Waals surface area (Å²) < 4.78 is 0. The van der Waals surface area contributed by atoms with Crippen LogP contribution in [0.5, 0.6) is 0 Å². The molecule has 4 fully saturated rings. The molecule has 3 heterocycles. The summed E-state index contributed by atoms with van der Waals surface area (Å²) >= 11 is 0. The van der Waals surface area contributed by atoms with Gasteiger partial charge in [-0.25, -0.2) is 0 Å². The van der Waals surface area contributed by atoms with Gasteiger partial charge < -0.3 is 9.80 Å². The first-order valence-electron chi connectivity index (χ1n) is 10.3. The molecule has 23 heavy (non-hydrogen) atoms. The van der Waals surface area contributed by atoms with Crippen molar-refractivity contribution in [2.24, 2.45) is 11.3 Å². The zero-order chi connectivity index (χ0) is 15.9. The van der Waals surface area contributed by atoms with Gasteiger partial charge in [-0.3, -0.25) is 4.90 Å². The van der Waals surface area contributed by atoms with Gasteiger partial charge in [0.25, 0.3) is 0 Å². The summed E-state index contributed by atoms with van der Waals surface area (Å²) in [6.07, 6.45) is 11.9. The first-order valence-corrected chi connectivity index (χ1v) is 10.3. The van der Waals surface area contributed by atoms with Gasteiger partial charge in [-0.2, -0.15) is 0 Å². The molecular weight excluding hydrogens is 282 g/mol. The number of nitrogens with zero attached hydrogens (tertiary/aromatic N) is 3.